The minimum Gasteiger partial charge on any atom is -0.349 e. The molecule has 1 amide bonds. The predicted octanol–water partition coefficient (Wildman–Crippen LogP) is 0.397. The molecular formula is C10H16N2O. The molecule has 1 aliphatic carbocycles. The van der Waals surface area contributed by atoms with Gasteiger partial charge in [0.1, 0.15) is 0 Å². The minimum atomic E-state index is -0.159. The summed E-state index contributed by atoms with van der Waals surface area (Å²) in [6, 6.07) is 0. The summed E-state index contributed by atoms with van der Waals surface area (Å²) in [6.45, 7) is 0.517. The molecule has 13 heavy (non-hydrogen) atoms. The smallest absolute Gasteiger partial charge is 0.232 e. The molecule has 0 aromatic heterocycles. The highest BCUT2D eigenvalue weighted by Gasteiger charge is 2.33. The van der Waals surface area contributed by atoms with Crippen molar-refractivity contribution in [1.82, 2.24) is 5.32 Å². The Morgan fingerprint density at radius 3 is 2.62 bits per heavy atom. The molecule has 0 heterocycles. The van der Waals surface area contributed by atoms with Gasteiger partial charge in [0, 0.05) is 6.54 Å². The van der Waals surface area contributed by atoms with Crippen molar-refractivity contribution in [2.24, 2.45) is 5.73 Å². The van der Waals surface area contributed by atoms with Crippen LogP contribution in [0.1, 0.15) is 32.1 Å². The summed E-state index contributed by atoms with van der Waals surface area (Å²) in [5.41, 5.74) is 5.49. The van der Waals surface area contributed by atoms with Crippen LogP contribution in [0, 0.1) is 12.3 Å². The maximum Gasteiger partial charge on any atom is 0.232 e. The molecule has 0 bridgehead atoms. The van der Waals surface area contributed by atoms with E-state index in [4.69, 9.17) is 12.2 Å². The highest BCUT2D eigenvalue weighted by Crippen LogP contribution is 2.28. The van der Waals surface area contributed by atoms with E-state index >= 15 is 0 Å². The maximum absolute atomic E-state index is 11.3. The van der Waals surface area contributed by atoms with Crippen molar-refractivity contribution >= 4 is 5.91 Å². The molecule has 1 fully saturated rings. The van der Waals surface area contributed by atoms with Crippen LogP contribution >= 0.6 is 0 Å². The first-order valence-corrected chi connectivity index (χ1v) is 4.67. The number of hydrogen-bond acceptors (Lipinski definition) is 2. The van der Waals surface area contributed by atoms with Gasteiger partial charge in [0.2, 0.25) is 5.91 Å². The van der Waals surface area contributed by atoms with Crippen molar-refractivity contribution in [3.8, 4) is 12.3 Å². The maximum atomic E-state index is 11.3. The van der Waals surface area contributed by atoms with Crippen LogP contribution in [0.15, 0.2) is 0 Å². The summed E-state index contributed by atoms with van der Waals surface area (Å²) in [5.74, 6) is 2.26. The molecule has 0 saturated heterocycles. The lowest BCUT2D eigenvalue weighted by molar-refractivity contribution is -0.121. The van der Waals surface area contributed by atoms with Crippen molar-refractivity contribution in [2.45, 2.75) is 37.6 Å². The number of carbonyl (C=O) groups is 1. The zero-order valence-corrected chi connectivity index (χ0v) is 7.81. The van der Waals surface area contributed by atoms with Crippen LogP contribution in [0.25, 0.3) is 0 Å². The average molecular weight is 180 g/mol. The Labute approximate surface area is 79.1 Å². The Bertz CT molecular complexity index is 224. The first kappa shape index (κ1) is 10.1. The summed E-state index contributed by atoms with van der Waals surface area (Å²) in [6.07, 6.45) is 9.47. The summed E-state index contributed by atoms with van der Waals surface area (Å²) in [7, 11) is 0. The molecule has 72 valence electrons. The topological polar surface area (TPSA) is 55.1 Å². The number of nitrogens with one attached hydrogen (secondary N) is 1. The minimum absolute atomic E-state index is 0.0742. The van der Waals surface area contributed by atoms with E-state index in [-0.39, 0.29) is 17.9 Å². The number of terminal acetylenes is 1. The summed E-state index contributed by atoms with van der Waals surface area (Å²) in [4.78, 5) is 11.3. The molecule has 1 saturated carbocycles. The van der Waals surface area contributed by atoms with Gasteiger partial charge in [-0.25, -0.2) is 0 Å². The van der Waals surface area contributed by atoms with E-state index in [0.717, 1.165) is 25.7 Å². The number of amides is 1. The van der Waals surface area contributed by atoms with Gasteiger partial charge in [0.15, 0.2) is 0 Å². The highest BCUT2D eigenvalue weighted by atomic mass is 16.1. The molecule has 0 aromatic carbocycles. The van der Waals surface area contributed by atoms with Gasteiger partial charge in [-0.05, 0) is 12.8 Å². The Hall–Kier alpha value is -1.01. The van der Waals surface area contributed by atoms with Gasteiger partial charge in [-0.15, -0.1) is 6.42 Å². The Balaban J connectivity index is 2.49. The van der Waals surface area contributed by atoms with Crippen LogP contribution in [0.5, 0.6) is 0 Å². The van der Waals surface area contributed by atoms with E-state index in [9.17, 15) is 4.79 Å². The summed E-state index contributed by atoms with van der Waals surface area (Å²) >= 11 is 0. The summed E-state index contributed by atoms with van der Waals surface area (Å²) < 4.78 is 0. The fourth-order valence-electron chi connectivity index (χ4n) is 1.86. The molecule has 3 N–H and O–H groups in total. The third-order valence-corrected chi connectivity index (χ3v) is 2.62. The van der Waals surface area contributed by atoms with Crippen LogP contribution in [0.4, 0.5) is 0 Å². The zero-order chi connectivity index (χ0) is 9.73. The van der Waals surface area contributed by atoms with E-state index in [1.807, 2.05) is 0 Å². The van der Waals surface area contributed by atoms with Crippen LogP contribution in [-0.4, -0.2) is 18.0 Å². The molecule has 0 aliphatic heterocycles. The van der Waals surface area contributed by atoms with Gasteiger partial charge >= 0.3 is 0 Å². The van der Waals surface area contributed by atoms with Crippen molar-refractivity contribution in [3.63, 3.8) is 0 Å². The van der Waals surface area contributed by atoms with E-state index in [1.54, 1.807) is 0 Å². The average Bonchev–Trinajstić information content (AvgIpc) is 2.54. The standard InChI is InChI=1S/C10H16N2O/c1-2-5-9(13)12-10(8-11)6-3-4-7-10/h1H,3-8,11H2,(H,12,13). The van der Waals surface area contributed by atoms with Gasteiger partial charge < -0.3 is 11.1 Å². The Morgan fingerprint density at radius 1 is 1.54 bits per heavy atom. The fourth-order valence-corrected chi connectivity index (χ4v) is 1.86. The van der Waals surface area contributed by atoms with Crippen LogP contribution in [-0.2, 0) is 4.79 Å². The lowest BCUT2D eigenvalue weighted by atomic mass is 9.98. The van der Waals surface area contributed by atoms with Crippen LogP contribution in [0.2, 0.25) is 0 Å². The largest absolute Gasteiger partial charge is 0.349 e. The van der Waals surface area contributed by atoms with Crippen molar-refractivity contribution < 1.29 is 4.79 Å². The Morgan fingerprint density at radius 2 is 2.15 bits per heavy atom. The molecule has 0 aromatic rings. The third-order valence-electron chi connectivity index (χ3n) is 2.62. The van der Waals surface area contributed by atoms with Gasteiger partial charge in [-0.2, -0.15) is 0 Å². The second-order valence-electron chi connectivity index (χ2n) is 3.62. The molecule has 0 spiro atoms. The predicted molar refractivity (Wildman–Crippen MR) is 51.8 cm³/mol. The van der Waals surface area contributed by atoms with Gasteiger partial charge in [0.05, 0.1) is 12.0 Å². The highest BCUT2D eigenvalue weighted by molar-refractivity contribution is 5.79. The quantitative estimate of drug-likeness (QED) is 0.618. The molecule has 3 heteroatoms. The van der Waals surface area contributed by atoms with Gasteiger partial charge in [-0.3, -0.25) is 4.79 Å². The molecular weight excluding hydrogens is 164 g/mol. The van der Waals surface area contributed by atoms with E-state index in [2.05, 4.69) is 11.2 Å². The number of hydrogen-bond donors (Lipinski definition) is 2. The number of carbonyl (C=O) groups excluding carboxylic acids is 1. The number of rotatable bonds is 3. The van der Waals surface area contributed by atoms with Gasteiger partial charge in [0.25, 0.3) is 0 Å². The molecule has 1 aliphatic rings. The molecule has 1 rings (SSSR count). The van der Waals surface area contributed by atoms with Crippen molar-refractivity contribution in [2.75, 3.05) is 6.54 Å². The molecule has 3 nitrogen and oxygen atoms in total. The van der Waals surface area contributed by atoms with Crippen LogP contribution < -0.4 is 11.1 Å². The molecule has 0 unspecified atom stereocenters. The Kier molecular flexibility index (Phi) is 3.32. The van der Waals surface area contributed by atoms with Gasteiger partial charge in [-0.1, -0.05) is 18.8 Å². The normalized spacial score (nSPS) is 19.4. The molecule has 0 atom stereocenters. The zero-order valence-electron chi connectivity index (χ0n) is 7.81. The second kappa shape index (κ2) is 4.29. The van der Waals surface area contributed by atoms with E-state index in [1.165, 1.54) is 0 Å². The molecule has 0 radical (unpaired) electrons. The van der Waals surface area contributed by atoms with Crippen LogP contribution in [0.3, 0.4) is 0 Å². The lowest BCUT2D eigenvalue weighted by Gasteiger charge is -2.28. The summed E-state index contributed by atoms with van der Waals surface area (Å²) in [5, 5.41) is 2.94. The SMILES string of the molecule is C#CCC(=O)NC1(CN)CCCC1. The first-order chi connectivity index (χ1) is 6.22. The van der Waals surface area contributed by atoms with E-state index < -0.39 is 0 Å². The first-order valence-electron chi connectivity index (χ1n) is 4.67. The van der Waals surface area contributed by atoms with E-state index in [0.29, 0.717) is 6.54 Å². The monoisotopic (exact) mass is 180 g/mol. The second-order valence-corrected chi connectivity index (χ2v) is 3.62. The van der Waals surface area contributed by atoms with Crippen molar-refractivity contribution in [1.29, 1.82) is 0 Å². The van der Waals surface area contributed by atoms with Crippen molar-refractivity contribution in [3.05, 3.63) is 0 Å². The third kappa shape index (κ3) is 2.46. The lowest BCUT2D eigenvalue weighted by Crippen LogP contribution is -2.51. The fraction of sp³-hybridized carbons (Fsp3) is 0.700. The number of nitrogens with two attached hydrogens (primary N) is 1.